The minimum atomic E-state index is -4.61. The Bertz CT molecular complexity index is 833. The fourth-order valence-corrected chi connectivity index (χ4v) is 4.20. The zero-order valence-corrected chi connectivity index (χ0v) is 16.7. The predicted octanol–water partition coefficient (Wildman–Crippen LogP) is 4.17. The van der Waals surface area contributed by atoms with Crippen LogP contribution in [0.5, 0.6) is 0 Å². The number of aromatic nitrogens is 1. The number of nitrogens with zero attached hydrogens (tertiary/aromatic N) is 2. The van der Waals surface area contributed by atoms with Gasteiger partial charge in [0, 0.05) is 24.7 Å². The van der Waals surface area contributed by atoms with Gasteiger partial charge < -0.3 is 10.2 Å². The molecule has 1 aromatic carbocycles. The van der Waals surface area contributed by atoms with E-state index in [1.807, 2.05) is 0 Å². The lowest BCUT2D eigenvalue weighted by Crippen LogP contribution is -2.34. The van der Waals surface area contributed by atoms with E-state index in [-0.39, 0.29) is 41.3 Å². The van der Waals surface area contributed by atoms with Crippen LogP contribution in [-0.2, 0) is 6.18 Å². The lowest BCUT2D eigenvalue weighted by atomic mass is 9.92. The minimum Gasteiger partial charge on any atom is -0.339 e. The van der Waals surface area contributed by atoms with E-state index in [1.54, 1.807) is 11.0 Å². The van der Waals surface area contributed by atoms with Gasteiger partial charge >= 0.3 is 6.18 Å². The van der Waals surface area contributed by atoms with Crippen LogP contribution in [0.1, 0.15) is 28.8 Å². The molecule has 4 nitrogen and oxygen atoms in total. The van der Waals surface area contributed by atoms with Gasteiger partial charge in [0.15, 0.2) is 0 Å². The third-order valence-corrected chi connectivity index (χ3v) is 5.60. The highest BCUT2D eigenvalue weighted by molar-refractivity contribution is 6.00. The van der Waals surface area contributed by atoms with Crippen LogP contribution in [0.2, 0.25) is 0 Å². The maximum atomic E-state index is 13.8. The van der Waals surface area contributed by atoms with E-state index in [2.05, 4.69) is 10.3 Å². The molecule has 2 saturated heterocycles. The van der Waals surface area contributed by atoms with E-state index in [0.717, 1.165) is 32.1 Å². The Morgan fingerprint density at radius 2 is 1.68 bits per heavy atom. The molecule has 28 heavy (non-hydrogen) atoms. The molecule has 2 fully saturated rings. The van der Waals surface area contributed by atoms with Crippen molar-refractivity contribution in [3.8, 4) is 0 Å². The van der Waals surface area contributed by atoms with Crippen molar-refractivity contribution in [2.45, 2.75) is 19.0 Å². The molecular formula is C19H22Cl2F3N3O. The Morgan fingerprint density at radius 1 is 1.07 bits per heavy atom. The molecule has 0 spiro atoms. The van der Waals surface area contributed by atoms with Crippen LogP contribution in [0.3, 0.4) is 0 Å². The number of nitrogens with one attached hydrogen (secondary N) is 1. The summed E-state index contributed by atoms with van der Waals surface area (Å²) in [6, 6.07) is 6.07. The zero-order valence-electron chi connectivity index (χ0n) is 15.0. The van der Waals surface area contributed by atoms with Crippen LogP contribution >= 0.6 is 24.8 Å². The highest BCUT2D eigenvalue weighted by atomic mass is 35.5. The number of rotatable bonds is 1. The van der Waals surface area contributed by atoms with Gasteiger partial charge in [0.1, 0.15) is 0 Å². The second-order valence-electron chi connectivity index (χ2n) is 7.11. The number of hydrogen-bond donors (Lipinski definition) is 1. The summed E-state index contributed by atoms with van der Waals surface area (Å²) < 4.78 is 41.3. The molecule has 2 atom stereocenters. The van der Waals surface area contributed by atoms with E-state index < -0.39 is 17.6 Å². The van der Waals surface area contributed by atoms with Crippen molar-refractivity contribution in [1.82, 2.24) is 15.2 Å². The summed E-state index contributed by atoms with van der Waals surface area (Å²) in [6.07, 6.45) is -1.88. The average Bonchev–Trinajstić information content (AvgIpc) is 2.97. The number of likely N-dealkylation sites (tertiary alicyclic amines) is 1. The van der Waals surface area contributed by atoms with Crippen LogP contribution in [-0.4, -0.2) is 42.0 Å². The summed E-state index contributed by atoms with van der Waals surface area (Å²) in [5, 5.41) is 3.33. The van der Waals surface area contributed by atoms with Gasteiger partial charge in [-0.15, -0.1) is 24.8 Å². The van der Waals surface area contributed by atoms with Gasteiger partial charge in [0.25, 0.3) is 5.91 Å². The molecule has 1 N–H and O–H groups in total. The Kier molecular flexibility index (Phi) is 7.17. The molecule has 0 radical (unpaired) electrons. The summed E-state index contributed by atoms with van der Waals surface area (Å²) >= 11 is 0. The van der Waals surface area contributed by atoms with E-state index in [0.29, 0.717) is 24.9 Å². The summed E-state index contributed by atoms with van der Waals surface area (Å²) in [7, 11) is 0. The maximum Gasteiger partial charge on any atom is 0.417 e. The van der Waals surface area contributed by atoms with Gasteiger partial charge in [-0.2, -0.15) is 13.2 Å². The summed E-state index contributed by atoms with van der Waals surface area (Å²) in [4.78, 5) is 18.6. The topological polar surface area (TPSA) is 45.2 Å². The first-order valence-corrected chi connectivity index (χ1v) is 8.90. The maximum absolute atomic E-state index is 13.8. The highest BCUT2D eigenvalue weighted by Gasteiger charge is 2.39. The van der Waals surface area contributed by atoms with Crippen LogP contribution in [0.4, 0.5) is 13.2 Å². The SMILES string of the molecule is Cl.Cl.O=C(c1cnc2ccccc2c1C(F)(F)F)N1CC[C@@H]2CNC[C@@H]2CC1. The summed E-state index contributed by atoms with van der Waals surface area (Å²) in [5.41, 5.74) is -0.978. The molecule has 154 valence electrons. The van der Waals surface area contributed by atoms with Crippen molar-refractivity contribution in [2.75, 3.05) is 26.2 Å². The van der Waals surface area contributed by atoms with Crippen molar-refractivity contribution in [3.05, 3.63) is 41.6 Å². The van der Waals surface area contributed by atoms with Gasteiger partial charge in [-0.1, -0.05) is 18.2 Å². The largest absolute Gasteiger partial charge is 0.417 e. The lowest BCUT2D eigenvalue weighted by molar-refractivity contribution is -0.136. The summed E-state index contributed by atoms with van der Waals surface area (Å²) in [6.45, 7) is 2.84. The molecule has 2 aliphatic rings. The van der Waals surface area contributed by atoms with Gasteiger partial charge in [-0.25, -0.2) is 0 Å². The van der Waals surface area contributed by atoms with Crippen molar-refractivity contribution < 1.29 is 18.0 Å². The lowest BCUT2D eigenvalue weighted by Gasteiger charge is -2.23. The van der Waals surface area contributed by atoms with Crippen molar-refractivity contribution >= 4 is 41.6 Å². The molecule has 9 heteroatoms. The minimum absolute atomic E-state index is 0. The van der Waals surface area contributed by atoms with E-state index in [9.17, 15) is 18.0 Å². The Morgan fingerprint density at radius 3 is 2.29 bits per heavy atom. The van der Waals surface area contributed by atoms with Gasteiger partial charge in [-0.05, 0) is 43.8 Å². The molecule has 0 aliphatic carbocycles. The first-order valence-electron chi connectivity index (χ1n) is 8.90. The third kappa shape index (κ3) is 4.21. The fraction of sp³-hybridized carbons (Fsp3) is 0.474. The number of hydrogen-bond acceptors (Lipinski definition) is 3. The quantitative estimate of drug-likeness (QED) is 0.730. The van der Waals surface area contributed by atoms with E-state index >= 15 is 0 Å². The number of pyridine rings is 1. The van der Waals surface area contributed by atoms with Crippen LogP contribution in [0, 0.1) is 11.8 Å². The first kappa shape index (κ1) is 22.7. The molecule has 0 saturated carbocycles. The molecule has 1 amide bonds. The highest BCUT2D eigenvalue weighted by Crippen LogP contribution is 2.37. The number of halogens is 5. The molecule has 0 bridgehead atoms. The number of carbonyl (C=O) groups is 1. The second-order valence-corrected chi connectivity index (χ2v) is 7.11. The van der Waals surface area contributed by atoms with Crippen molar-refractivity contribution in [2.24, 2.45) is 11.8 Å². The van der Waals surface area contributed by atoms with Crippen LogP contribution in [0.25, 0.3) is 10.9 Å². The van der Waals surface area contributed by atoms with Crippen molar-refractivity contribution in [1.29, 1.82) is 0 Å². The molecule has 2 aliphatic heterocycles. The molecule has 3 heterocycles. The standard InChI is InChI=1S/C19H20F3N3O.2ClH/c20-19(21,22)17-14-3-1-2-4-16(14)24-11-15(17)18(26)25-7-5-12-9-23-10-13(12)6-8-25;;/h1-4,11-13,23H,5-10H2;2*1H/t12-,13+;;. The normalized spacial score (nSPS) is 22.0. The Hall–Kier alpha value is -1.57. The number of alkyl halides is 3. The van der Waals surface area contributed by atoms with Crippen LogP contribution < -0.4 is 5.32 Å². The molecule has 2 aromatic rings. The number of para-hydroxylation sites is 1. The van der Waals surface area contributed by atoms with Gasteiger partial charge in [0.2, 0.25) is 0 Å². The predicted molar refractivity (Wildman–Crippen MR) is 106 cm³/mol. The number of benzene rings is 1. The smallest absolute Gasteiger partial charge is 0.339 e. The van der Waals surface area contributed by atoms with E-state index in [4.69, 9.17) is 0 Å². The van der Waals surface area contributed by atoms with Gasteiger partial charge in [-0.3, -0.25) is 9.78 Å². The molecule has 1 aromatic heterocycles. The number of fused-ring (bicyclic) bond motifs is 2. The Balaban J connectivity index is 0.00000140. The van der Waals surface area contributed by atoms with Crippen molar-refractivity contribution in [3.63, 3.8) is 0 Å². The van der Waals surface area contributed by atoms with E-state index in [1.165, 1.54) is 18.2 Å². The average molecular weight is 436 g/mol. The third-order valence-electron chi connectivity index (χ3n) is 5.60. The monoisotopic (exact) mass is 435 g/mol. The second kappa shape index (κ2) is 8.84. The fourth-order valence-electron chi connectivity index (χ4n) is 4.20. The molecular weight excluding hydrogens is 414 g/mol. The number of carbonyl (C=O) groups excluding carboxylic acids is 1. The molecule has 0 unspecified atom stereocenters. The number of amides is 1. The zero-order chi connectivity index (χ0) is 18.3. The first-order chi connectivity index (χ1) is 12.4. The molecule has 4 rings (SSSR count). The summed E-state index contributed by atoms with van der Waals surface area (Å²) in [5.74, 6) is 0.442. The Labute approximate surface area is 173 Å². The van der Waals surface area contributed by atoms with Crippen LogP contribution in [0.15, 0.2) is 30.5 Å². The van der Waals surface area contributed by atoms with Gasteiger partial charge in [0.05, 0.1) is 16.6 Å².